The van der Waals surface area contributed by atoms with Gasteiger partial charge in [0.2, 0.25) is 0 Å². The molecule has 3 heteroatoms. The number of nitrogens with one attached hydrogen (secondary N) is 1. The SMILES string of the molecule is CCOc1cccc(CNC)c1OC1CCC(CC)CC1. The first-order chi connectivity index (χ1) is 10.3. The van der Waals surface area contributed by atoms with Gasteiger partial charge in [-0.05, 0) is 51.6 Å². The summed E-state index contributed by atoms with van der Waals surface area (Å²) in [7, 11) is 1.96. The maximum Gasteiger partial charge on any atom is 0.166 e. The molecule has 0 unspecified atom stereocenters. The van der Waals surface area contributed by atoms with Crippen LogP contribution in [0.2, 0.25) is 0 Å². The standard InChI is InChI=1S/C18H29NO2/c1-4-14-9-11-16(12-10-14)21-18-15(13-19-3)7-6-8-17(18)20-5-2/h6-8,14,16,19H,4-5,9-13H2,1-3H3. The molecule has 0 amide bonds. The second-order valence-corrected chi connectivity index (χ2v) is 5.88. The lowest BCUT2D eigenvalue weighted by Crippen LogP contribution is -2.25. The minimum absolute atomic E-state index is 0.338. The molecule has 1 aliphatic rings. The lowest BCUT2D eigenvalue weighted by atomic mass is 9.86. The average Bonchev–Trinajstić information content (AvgIpc) is 2.51. The van der Waals surface area contributed by atoms with Crippen LogP contribution in [0.4, 0.5) is 0 Å². The second kappa shape index (κ2) is 8.28. The zero-order valence-electron chi connectivity index (χ0n) is 13.7. The van der Waals surface area contributed by atoms with Gasteiger partial charge >= 0.3 is 0 Å². The topological polar surface area (TPSA) is 30.5 Å². The van der Waals surface area contributed by atoms with Crippen molar-refractivity contribution < 1.29 is 9.47 Å². The van der Waals surface area contributed by atoms with E-state index in [1.165, 1.54) is 24.8 Å². The van der Waals surface area contributed by atoms with E-state index in [1.807, 2.05) is 26.1 Å². The largest absolute Gasteiger partial charge is 0.490 e. The molecule has 2 rings (SSSR count). The van der Waals surface area contributed by atoms with Gasteiger partial charge in [0.25, 0.3) is 0 Å². The number of benzene rings is 1. The Morgan fingerprint density at radius 1 is 1.14 bits per heavy atom. The average molecular weight is 291 g/mol. The Hall–Kier alpha value is -1.22. The molecular formula is C18H29NO2. The molecule has 0 radical (unpaired) electrons. The van der Waals surface area contributed by atoms with Gasteiger partial charge in [-0.1, -0.05) is 25.5 Å². The summed E-state index contributed by atoms with van der Waals surface area (Å²) in [6.07, 6.45) is 6.55. The molecule has 0 atom stereocenters. The van der Waals surface area contributed by atoms with Gasteiger partial charge in [-0.2, -0.15) is 0 Å². The van der Waals surface area contributed by atoms with Crippen molar-refractivity contribution in [3.05, 3.63) is 23.8 Å². The van der Waals surface area contributed by atoms with Gasteiger partial charge < -0.3 is 14.8 Å². The molecule has 0 saturated heterocycles. The first kappa shape index (κ1) is 16.2. The zero-order chi connectivity index (χ0) is 15.1. The highest BCUT2D eigenvalue weighted by Crippen LogP contribution is 2.36. The summed E-state index contributed by atoms with van der Waals surface area (Å²) < 4.78 is 12.1. The summed E-state index contributed by atoms with van der Waals surface area (Å²) in [5, 5.41) is 3.21. The van der Waals surface area contributed by atoms with Crippen LogP contribution in [0.3, 0.4) is 0 Å². The van der Waals surface area contributed by atoms with Crippen molar-refractivity contribution in [1.82, 2.24) is 5.32 Å². The van der Waals surface area contributed by atoms with Gasteiger partial charge in [-0.15, -0.1) is 0 Å². The smallest absolute Gasteiger partial charge is 0.166 e. The summed E-state index contributed by atoms with van der Waals surface area (Å²) in [5.41, 5.74) is 1.18. The van der Waals surface area contributed by atoms with Crippen molar-refractivity contribution in [3.63, 3.8) is 0 Å². The van der Waals surface area contributed by atoms with Gasteiger partial charge in [-0.25, -0.2) is 0 Å². The Balaban J connectivity index is 2.09. The van der Waals surface area contributed by atoms with E-state index in [2.05, 4.69) is 18.3 Å². The van der Waals surface area contributed by atoms with Crippen molar-refractivity contribution in [3.8, 4) is 11.5 Å². The fourth-order valence-corrected chi connectivity index (χ4v) is 3.12. The van der Waals surface area contributed by atoms with Crippen LogP contribution in [0.25, 0.3) is 0 Å². The van der Waals surface area contributed by atoms with Crippen molar-refractivity contribution in [2.24, 2.45) is 5.92 Å². The van der Waals surface area contributed by atoms with Crippen LogP contribution < -0.4 is 14.8 Å². The third-order valence-electron chi connectivity index (χ3n) is 4.38. The van der Waals surface area contributed by atoms with Crippen LogP contribution in [0.1, 0.15) is 51.5 Å². The molecule has 0 heterocycles. The van der Waals surface area contributed by atoms with E-state index in [4.69, 9.17) is 9.47 Å². The van der Waals surface area contributed by atoms with E-state index in [0.717, 1.165) is 36.8 Å². The molecule has 1 aliphatic carbocycles. The quantitative estimate of drug-likeness (QED) is 0.818. The maximum absolute atomic E-state index is 6.35. The Kier molecular flexibility index (Phi) is 6.37. The number of ether oxygens (including phenoxy) is 2. The third-order valence-corrected chi connectivity index (χ3v) is 4.38. The van der Waals surface area contributed by atoms with Crippen LogP contribution in [0, 0.1) is 5.92 Å². The molecule has 1 N–H and O–H groups in total. The molecular weight excluding hydrogens is 262 g/mol. The van der Waals surface area contributed by atoms with E-state index >= 15 is 0 Å². The monoisotopic (exact) mass is 291 g/mol. The van der Waals surface area contributed by atoms with E-state index in [9.17, 15) is 0 Å². The highest BCUT2D eigenvalue weighted by molar-refractivity contribution is 5.46. The Morgan fingerprint density at radius 3 is 2.52 bits per heavy atom. The van der Waals surface area contributed by atoms with Gasteiger partial charge in [-0.3, -0.25) is 0 Å². The van der Waals surface area contributed by atoms with Gasteiger partial charge in [0.15, 0.2) is 11.5 Å². The lowest BCUT2D eigenvalue weighted by molar-refractivity contribution is 0.123. The first-order valence-corrected chi connectivity index (χ1v) is 8.34. The molecule has 118 valence electrons. The van der Waals surface area contributed by atoms with Crippen molar-refractivity contribution in [2.75, 3.05) is 13.7 Å². The van der Waals surface area contributed by atoms with Gasteiger partial charge in [0, 0.05) is 12.1 Å². The Morgan fingerprint density at radius 2 is 1.90 bits per heavy atom. The Bertz CT molecular complexity index is 401. The van der Waals surface area contributed by atoms with E-state index in [-0.39, 0.29) is 0 Å². The minimum atomic E-state index is 0.338. The van der Waals surface area contributed by atoms with Gasteiger partial charge in [0.1, 0.15) is 0 Å². The van der Waals surface area contributed by atoms with Crippen LogP contribution >= 0.6 is 0 Å². The molecule has 0 spiro atoms. The minimum Gasteiger partial charge on any atom is -0.490 e. The van der Waals surface area contributed by atoms with E-state index in [1.54, 1.807) is 0 Å². The molecule has 1 fully saturated rings. The van der Waals surface area contributed by atoms with E-state index in [0.29, 0.717) is 12.7 Å². The molecule has 21 heavy (non-hydrogen) atoms. The van der Waals surface area contributed by atoms with Crippen molar-refractivity contribution >= 4 is 0 Å². The Labute approximate surface area is 129 Å². The number of hydrogen-bond acceptors (Lipinski definition) is 3. The zero-order valence-corrected chi connectivity index (χ0v) is 13.7. The number of rotatable bonds is 7. The maximum atomic E-state index is 6.35. The summed E-state index contributed by atoms with van der Waals surface area (Å²) in [4.78, 5) is 0. The second-order valence-electron chi connectivity index (χ2n) is 5.88. The molecule has 3 nitrogen and oxygen atoms in total. The highest BCUT2D eigenvalue weighted by atomic mass is 16.5. The third kappa shape index (κ3) is 4.37. The van der Waals surface area contributed by atoms with Crippen molar-refractivity contribution in [1.29, 1.82) is 0 Å². The fourth-order valence-electron chi connectivity index (χ4n) is 3.12. The van der Waals surface area contributed by atoms with Crippen LogP contribution in [-0.2, 0) is 6.54 Å². The molecule has 0 aromatic heterocycles. The molecule has 1 aromatic carbocycles. The van der Waals surface area contributed by atoms with Crippen LogP contribution in [0.5, 0.6) is 11.5 Å². The summed E-state index contributed by atoms with van der Waals surface area (Å²) >= 11 is 0. The summed E-state index contributed by atoms with van der Waals surface area (Å²) in [5.74, 6) is 2.71. The first-order valence-electron chi connectivity index (χ1n) is 8.34. The molecule has 1 aromatic rings. The van der Waals surface area contributed by atoms with Crippen LogP contribution in [-0.4, -0.2) is 19.8 Å². The normalized spacial score (nSPS) is 22.0. The summed E-state index contributed by atoms with van der Waals surface area (Å²) in [6, 6.07) is 6.17. The van der Waals surface area contributed by atoms with E-state index < -0.39 is 0 Å². The fraction of sp³-hybridized carbons (Fsp3) is 0.667. The van der Waals surface area contributed by atoms with Crippen LogP contribution in [0.15, 0.2) is 18.2 Å². The molecule has 0 aliphatic heterocycles. The summed E-state index contributed by atoms with van der Waals surface area (Å²) in [6.45, 7) is 5.78. The van der Waals surface area contributed by atoms with Crippen molar-refractivity contribution in [2.45, 2.75) is 58.6 Å². The predicted octanol–water partition coefficient (Wildman–Crippen LogP) is 4.15. The number of para-hydroxylation sites is 1. The molecule has 0 bridgehead atoms. The number of hydrogen-bond donors (Lipinski definition) is 1. The predicted molar refractivity (Wildman–Crippen MR) is 87.0 cm³/mol. The van der Waals surface area contributed by atoms with Gasteiger partial charge in [0.05, 0.1) is 12.7 Å². The highest BCUT2D eigenvalue weighted by Gasteiger charge is 2.23. The molecule has 1 saturated carbocycles. The lowest BCUT2D eigenvalue weighted by Gasteiger charge is -2.29.